The van der Waals surface area contributed by atoms with Gasteiger partial charge in [0.05, 0.1) is 5.52 Å². The van der Waals surface area contributed by atoms with Crippen LogP contribution in [0.25, 0.3) is 16.5 Å². The van der Waals surface area contributed by atoms with Crippen molar-refractivity contribution in [2.75, 3.05) is 13.1 Å². The van der Waals surface area contributed by atoms with E-state index in [1.165, 1.54) is 5.57 Å². The van der Waals surface area contributed by atoms with Gasteiger partial charge < -0.3 is 9.64 Å². The first kappa shape index (κ1) is 16.8. The Labute approximate surface area is 147 Å². The summed E-state index contributed by atoms with van der Waals surface area (Å²) in [5.41, 5.74) is 2.83. The molecule has 24 heavy (non-hydrogen) atoms. The van der Waals surface area contributed by atoms with Crippen molar-refractivity contribution < 1.29 is 9.53 Å². The third-order valence-corrected chi connectivity index (χ3v) is 4.10. The van der Waals surface area contributed by atoms with Gasteiger partial charge in [-0.25, -0.2) is 9.78 Å². The molecular weight excluding hydrogens is 324 g/mol. The van der Waals surface area contributed by atoms with Gasteiger partial charge in [-0.2, -0.15) is 0 Å². The van der Waals surface area contributed by atoms with Gasteiger partial charge in [0.25, 0.3) is 0 Å². The van der Waals surface area contributed by atoms with Crippen molar-refractivity contribution in [3.05, 3.63) is 47.1 Å². The SMILES string of the molecule is CC(C)(C)OC(=O)N1CC=C(c2ccc3nc(Cl)ccc3c2)CC1. The number of carbonyl (C=O) groups excluding carboxylic acids is 1. The first-order valence-corrected chi connectivity index (χ1v) is 8.43. The maximum absolute atomic E-state index is 12.1. The Balaban J connectivity index is 1.75. The highest BCUT2D eigenvalue weighted by atomic mass is 35.5. The Kier molecular flexibility index (Phi) is 4.50. The minimum atomic E-state index is -0.465. The number of pyridine rings is 1. The first-order chi connectivity index (χ1) is 11.3. The molecule has 0 bridgehead atoms. The van der Waals surface area contributed by atoms with E-state index in [4.69, 9.17) is 16.3 Å². The Hall–Kier alpha value is -2.07. The molecule has 0 saturated heterocycles. The van der Waals surface area contributed by atoms with Crippen LogP contribution in [0.2, 0.25) is 5.15 Å². The van der Waals surface area contributed by atoms with E-state index in [9.17, 15) is 4.79 Å². The van der Waals surface area contributed by atoms with E-state index in [1.807, 2.05) is 32.9 Å². The highest BCUT2D eigenvalue weighted by Crippen LogP contribution is 2.26. The van der Waals surface area contributed by atoms with Crippen LogP contribution in [0.3, 0.4) is 0 Å². The number of carbonyl (C=O) groups is 1. The lowest BCUT2D eigenvalue weighted by Gasteiger charge is -2.29. The number of fused-ring (bicyclic) bond motifs is 1. The number of hydrogen-bond donors (Lipinski definition) is 0. The molecular formula is C19H21ClN2O2. The Morgan fingerprint density at radius 1 is 1.25 bits per heavy atom. The Morgan fingerprint density at radius 3 is 2.71 bits per heavy atom. The summed E-state index contributed by atoms with van der Waals surface area (Å²) in [4.78, 5) is 18.2. The van der Waals surface area contributed by atoms with Gasteiger partial charge in [-0.3, -0.25) is 0 Å². The molecule has 1 amide bonds. The van der Waals surface area contributed by atoms with Crippen LogP contribution in [0.1, 0.15) is 32.8 Å². The average Bonchev–Trinajstić information content (AvgIpc) is 2.53. The van der Waals surface area contributed by atoms with E-state index in [0.29, 0.717) is 18.2 Å². The molecule has 0 aliphatic carbocycles. The second-order valence-electron chi connectivity index (χ2n) is 6.95. The number of ether oxygens (including phenoxy) is 1. The molecule has 0 spiro atoms. The summed E-state index contributed by atoms with van der Waals surface area (Å²) < 4.78 is 5.42. The quantitative estimate of drug-likeness (QED) is 0.690. The number of nitrogens with zero attached hydrogens (tertiary/aromatic N) is 2. The lowest BCUT2D eigenvalue weighted by atomic mass is 9.98. The van der Waals surface area contributed by atoms with Crippen molar-refractivity contribution in [2.24, 2.45) is 0 Å². The maximum atomic E-state index is 12.1. The number of benzene rings is 1. The van der Waals surface area contributed by atoms with Gasteiger partial charge in [0, 0.05) is 18.5 Å². The lowest BCUT2D eigenvalue weighted by Crippen LogP contribution is -2.39. The zero-order chi connectivity index (χ0) is 17.3. The number of rotatable bonds is 1. The fourth-order valence-corrected chi connectivity index (χ4v) is 2.88. The number of amides is 1. The summed E-state index contributed by atoms with van der Waals surface area (Å²) in [5, 5.41) is 1.56. The van der Waals surface area contributed by atoms with Crippen molar-refractivity contribution in [1.29, 1.82) is 0 Å². The van der Waals surface area contributed by atoms with E-state index in [-0.39, 0.29) is 6.09 Å². The first-order valence-electron chi connectivity index (χ1n) is 8.05. The zero-order valence-corrected chi connectivity index (χ0v) is 14.9. The summed E-state index contributed by atoms with van der Waals surface area (Å²) >= 11 is 5.93. The van der Waals surface area contributed by atoms with Crippen LogP contribution in [-0.2, 0) is 4.74 Å². The van der Waals surface area contributed by atoms with Crippen LogP contribution < -0.4 is 0 Å². The van der Waals surface area contributed by atoms with Crippen LogP contribution in [0.15, 0.2) is 36.4 Å². The van der Waals surface area contributed by atoms with E-state index in [1.54, 1.807) is 11.0 Å². The molecule has 4 nitrogen and oxygen atoms in total. The molecule has 5 heteroatoms. The molecule has 0 saturated carbocycles. The molecule has 1 aliphatic heterocycles. The second-order valence-corrected chi connectivity index (χ2v) is 7.33. The van der Waals surface area contributed by atoms with Crippen molar-refractivity contribution in [2.45, 2.75) is 32.8 Å². The minimum Gasteiger partial charge on any atom is -0.444 e. The highest BCUT2D eigenvalue weighted by molar-refractivity contribution is 6.29. The summed E-state index contributed by atoms with van der Waals surface area (Å²) in [6, 6.07) is 9.93. The topological polar surface area (TPSA) is 42.4 Å². The molecule has 126 valence electrons. The largest absolute Gasteiger partial charge is 0.444 e. The van der Waals surface area contributed by atoms with Gasteiger partial charge >= 0.3 is 6.09 Å². The van der Waals surface area contributed by atoms with Gasteiger partial charge in [0.1, 0.15) is 10.8 Å². The van der Waals surface area contributed by atoms with Crippen molar-refractivity contribution >= 4 is 34.2 Å². The van der Waals surface area contributed by atoms with Crippen LogP contribution in [0.5, 0.6) is 0 Å². The normalized spacial score (nSPS) is 15.3. The molecule has 0 N–H and O–H groups in total. The van der Waals surface area contributed by atoms with E-state index in [2.05, 4.69) is 23.2 Å². The van der Waals surface area contributed by atoms with Crippen molar-refractivity contribution in [3.63, 3.8) is 0 Å². The van der Waals surface area contributed by atoms with Crippen molar-refractivity contribution in [3.8, 4) is 0 Å². The van der Waals surface area contributed by atoms with Gasteiger partial charge in [-0.1, -0.05) is 23.7 Å². The van der Waals surface area contributed by atoms with Crippen molar-refractivity contribution in [1.82, 2.24) is 9.88 Å². The van der Waals surface area contributed by atoms with Gasteiger partial charge in [-0.15, -0.1) is 0 Å². The average molecular weight is 345 g/mol. The fourth-order valence-electron chi connectivity index (χ4n) is 2.72. The summed E-state index contributed by atoms with van der Waals surface area (Å²) in [6.07, 6.45) is 2.65. The summed E-state index contributed by atoms with van der Waals surface area (Å²) in [6.45, 7) is 6.88. The zero-order valence-electron chi connectivity index (χ0n) is 14.2. The van der Waals surface area contributed by atoms with Crippen LogP contribution in [-0.4, -0.2) is 34.7 Å². The molecule has 0 radical (unpaired) electrons. The highest BCUT2D eigenvalue weighted by Gasteiger charge is 2.23. The molecule has 1 aromatic heterocycles. The number of hydrogen-bond acceptors (Lipinski definition) is 3. The predicted octanol–water partition coefficient (Wildman–Crippen LogP) is 4.91. The van der Waals surface area contributed by atoms with Crippen LogP contribution >= 0.6 is 11.6 Å². The number of halogens is 1. The Bertz CT molecular complexity index is 809. The monoisotopic (exact) mass is 344 g/mol. The second kappa shape index (κ2) is 6.44. The van der Waals surface area contributed by atoms with Gasteiger partial charge in [0.15, 0.2) is 0 Å². The molecule has 2 aromatic rings. The maximum Gasteiger partial charge on any atom is 0.410 e. The molecule has 0 atom stereocenters. The molecule has 2 heterocycles. The predicted molar refractivity (Wildman–Crippen MR) is 97.2 cm³/mol. The third kappa shape index (κ3) is 3.88. The molecule has 1 aliphatic rings. The van der Waals surface area contributed by atoms with Gasteiger partial charge in [-0.05, 0) is 62.6 Å². The standard InChI is InChI=1S/C19H21ClN2O2/c1-19(2,3)24-18(23)22-10-8-13(9-11-22)14-4-6-16-15(12-14)5-7-17(20)21-16/h4-8,12H,9-11H2,1-3H3. The summed E-state index contributed by atoms with van der Waals surface area (Å²) in [7, 11) is 0. The Morgan fingerprint density at radius 2 is 2.04 bits per heavy atom. The number of aromatic nitrogens is 1. The minimum absolute atomic E-state index is 0.254. The molecule has 0 unspecified atom stereocenters. The van der Waals surface area contributed by atoms with Crippen LogP contribution in [0, 0.1) is 0 Å². The smallest absolute Gasteiger partial charge is 0.410 e. The summed E-state index contributed by atoms with van der Waals surface area (Å²) in [5.74, 6) is 0. The molecule has 0 fully saturated rings. The van der Waals surface area contributed by atoms with Crippen LogP contribution in [0.4, 0.5) is 4.79 Å². The third-order valence-electron chi connectivity index (χ3n) is 3.89. The fraction of sp³-hybridized carbons (Fsp3) is 0.368. The molecule has 3 rings (SSSR count). The van der Waals surface area contributed by atoms with E-state index < -0.39 is 5.60 Å². The van der Waals surface area contributed by atoms with Gasteiger partial charge in [0.2, 0.25) is 0 Å². The van der Waals surface area contributed by atoms with E-state index in [0.717, 1.165) is 22.9 Å². The van der Waals surface area contributed by atoms with E-state index >= 15 is 0 Å². The lowest BCUT2D eigenvalue weighted by molar-refractivity contribution is 0.0270. The molecule has 1 aromatic carbocycles.